The largest absolute Gasteiger partial charge is 0.508 e. The van der Waals surface area contributed by atoms with Crippen LogP contribution in [0.2, 0.25) is 0 Å². The number of aliphatic hydroxyl groups excluding tert-OH is 1. The van der Waals surface area contributed by atoms with Crippen LogP contribution in [0.4, 0.5) is 0 Å². The van der Waals surface area contributed by atoms with Gasteiger partial charge in [-0.25, -0.2) is 0 Å². The van der Waals surface area contributed by atoms with Crippen LogP contribution in [0.15, 0.2) is 84.9 Å². The van der Waals surface area contributed by atoms with Gasteiger partial charge in [-0.3, -0.25) is 9.69 Å². The average molecular weight is 467 g/mol. The number of amides is 1. The second-order valence-corrected chi connectivity index (χ2v) is 8.51. The molecule has 174 valence electrons. The SMILES string of the molecule is CN(C(=O)C(c1ccccc1)c1ccccc1)[C@H](CN1CC[C@H](O)C1)c1ccc(O)cc1.Cl. The van der Waals surface area contributed by atoms with E-state index in [1.807, 2.05) is 84.7 Å². The Morgan fingerprint density at radius 3 is 1.97 bits per heavy atom. The number of likely N-dealkylation sites (tertiary alicyclic amines) is 1. The monoisotopic (exact) mass is 466 g/mol. The smallest absolute Gasteiger partial charge is 0.234 e. The van der Waals surface area contributed by atoms with Crippen LogP contribution in [0.25, 0.3) is 0 Å². The van der Waals surface area contributed by atoms with Crippen molar-refractivity contribution < 1.29 is 15.0 Å². The number of carbonyl (C=O) groups excluding carboxylic acids is 1. The van der Waals surface area contributed by atoms with E-state index in [4.69, 9.17) is 0 Å². The van der Waals surface area contributed by atoms with Crippen molar-refractivity contribution in [1.29, 1.82) is 0 Å². The summed E-state index contributed by atoms with van der Waals surface area (Å²) in [6.45, 7) is 2.04. The van der Waals surface area contributed by atoms with Gasteiger partial charge >= 0.3 is 0 Å². The number of hydrogen-bond donors (Lipinski definition) is 2. The number of nitrogens with zero attached hydrogens (tertiary/aromatic N) is 2. The van der Waals surface area contributed by atoms with E-state index in [1.54, 1.807) is 12.1 Å². The minimum atomic E-state index is -0.411. The summed E-state index contributed by atoms with van der Waals surface area (Å²) in [7, 11) is 1.85. The highest BCUT2D eigenvalue weighted by molar-refractivity contribution is 5.87. The first kappa shape index (κ1) is 24.8. The van der Waals surface area contributed by atoms with Gasteiger partial charge in [0.15, 0.2) is 0 Å². The average Bonchev–Trinajstić information content (AvgIpc) is 3.24. The molecule has 0 bridgehead atoms. The fourth-order valence-corrected chi connectivity index (χ4v) is 4.50. The lowest BCUT2D eigenvalue weighted by atomic mass is 9.89. The second kappa shape index (κ2) is 11.3. The second-order valence-electron chi connectivity index (χ2n) is 8.51. The molecule has 5 nitrogen and oxygen atoms in total. The molecule has 1 heterocycles. The zero-order chi connectivity index (χ0) is 22.5. The van der Waals surface area contributed by atoms with Gasteiger partial charge in [0.05, 0.1) is 18.1 Å². The molecule has 6 heteroatoms. The minimum Gasteiger partial charge on any atom is -0.508 e. The standard InChI is InChI=1S/C27H30N2O3.ClH/c1-28(25(19-29-17-16-24(31)18-29)20-12-14-23(30)15-13-20)27(32)26(21-8-4-2-5-9-21)22-10-6-3-7-11-22;/h2-15,24-26,30-31H,16-19H2,1H3;1H/t24-,25+;/m0./s1. The van der Waals surface area contributed by atoms with Gasteiger partial charge in [0, 0.05) is 26.7 Å². The van der Waals surface area contributed by atoms with Crippen molar-refractivity contribution in [3.63, 3.8) is 0 Å². The molecular formula is C27H31ClN2O3. The topological polar surface area (TPSA) is 64.0 Å². The first-order chi connectivity index (χ1) is 15.5. The molecule has 0 saturated carbocycles. The van der Waals surface area contributed by atoms with E-state index in [1.165, 1.54) is 0 Å². The quantitative estimate of drug-likeness (QED) is 0.547. The Morgan fingerprint density at radius 1 is 0.939 bits per heavy atom. The number of aromatic hydroxyl groups is 1. The summed E-state index contributed by atoms with van der Waals surface area (Å²) in [6.07, 6.45) is 0.425. The molecule has 0 spiro atoms. The molecule has 3 aromatic carbocycles. The van der Waals surface area contributed by atoms with Crippen LogP contribution in [-0.4, -0.2) is 58.7 Å². The number of carbonyl (C=O) groups is 1. The molecule has 1 aliphatic rings. The normalized spacial score (nSPS) is 16.9. The van der Waals surface area contributed by atoms with Crippen LogP contribution in [-0.2, 0) is 4.79 Å². The Balaban J connectivity index is 0.00000306. The third kappa shape index (κ3) is 5.93. The molecule has 1 fully saturated rings. The number of phenolic OH excluding ortho intramolecular Hbond substituents is 1. The Morgan fingerprint density at radius 2 is 1.48 bits per heavy atom. The van der Waals surface area contributed by atoms with E-state index in [0.29, 0.717) is 13.1 Å². The van der Waals surface area contributed by atoms with Crippen molar-refractivity contribution in [3.8, 4) is 5.75 Å². The van der Waals surface area contributed by atoms with Gasteiger partial charge in [-0.2, -0.15) is 0 Å². The number of rotatable bonds is 7. The van der Waals surface area contributed by atoms with Crippen molar-refractivity contribution in [3.05, 3.63) is 102 Å². The lowest BCUT2D eigenvalue weighted by Gasteiger charge is -2.34. The number of aliphatic hydroxyl groups is 1. The van der Waals surface area contributed by atoms with Crippen LogP contribution >= 0.6 is 12.4 Å². The third-order valence-electron chi connectivity index (χ3n) is 6.28. The van der Waals surface area contributed by atoms with E-state index in [-0.39, 0.29) is 36.2 Å². The Labute approximate surface area is 201 Å². The van der Waals surface area contributed by atoms with Crippen LogP contribution in [0.3, 0.4) is 0 Å². The van der Waals surface area contributed by atoms with Crippen molar-refractivity contribution >= 4 is 18.3 Å². The predicted octanol–water partition coefficient (Wildman–Crippen LogP) is 4.21. The highest BCUT2D eigenvalue weighted by Gasteiger charge is 2.32. The number of β-amino-alcohol motifs (C(OH)–C–C–N with tert-alkyl or cyclic N) is 1. The summed E-state index contributed by atoms with van der Waals surface area (Å²) in [6, 6.07) is 26.6. The fraction of sp³-hybridized carbons (Fsp3) is 0.296. The molecule has 2 N–H and O–H groups in total. The van der Waals surface area contributed by atoms with E-state index in [9.17, 15) is 15.0 Å². The van der Waals surface area contributed by atoms with Crippen molar-refractivity contribution in [2.24, 2.45) is 0 Å². The predicted molar refractivity (Wildman–Crippen MR) is 133 cm³/mol. The first-order valence-corrected chi connectivity index (χ1v) is 11.1. The van der Waals surface area contributed by atoms with E-state index >= 15 is 0 Å². The third-order valence-corrected chi connectivity index (χ3v) is 6.28. The molecule has 0 aliphatic carbocycles. The van der Waals surface area contributed by atoms with Crippen LogP contribution in [0.1, 0.15) is 35.1 Å². The maximum Gasteiger partial charge on any atom is 0.234 e. The van der Waals surface area contributed by atoms with Gasteiger partial charge in [-0.1, -0.05) is 72.8 Å². The van der Waals surface area contributed by atoms with Crippen molar-refractivity contribution in [2.75, 3.05) is 26.7 Å². The lowest BCUT2D eigenvalue weighted by molar-refractivity contribution is -0.133. The number of benzene rings is 3. The number of likely N-dealkylation sites (N-methyl/N-ethyl adjacent to an activating group) is 1. The molecule has 0 unspecified atom stereocenters. The lowest BCUT2D eigenvalue weighted by Crippen LogP contribution is -2.41. The number of halogens is 1. The van der Waals surface area contributed by atoms with E-state index < -0.39 is 5.92 Å². The first-order valence-electron chi connectivity index (χ1n) is 11.1. The molecular weight excluding hydrogens is 436 g/mol. The number of phenols is 1. The highest BCUT2D eigenvalue weighted by Crippen LogP contribution is 2.31. The molecule has 3 aromatic rings. The Kier molecular flexibility index (Phi) is 8.50. The van der Waals surface area contributed by atoms with Crippen LogP contribution in [0, 0.1) is 0 Å². The summed E-state index contributed by atoms with van der Waals surface area (Å²) in [4.78, 5) is 18.0. The Bertz CT molecular complexity index is 975. The van der Waals surface area contributed by atoms with Gasteiger partial charge in [-0.05, 0) is 35.2 Å². The van der Waals surface area contributed by atoms with Gasteiger partial charge in [0.2, 0.25) is 5.91 Å². The zero-order valence-corrected chi connectivity index (χ0v) is 19.6. The van der Waals surface area contributed by atoms with Gasteiger partial charge in [0.25, 0.3) is 0 Å². The Hall–Kier alpha value is -2.86. The molecule has 1 saturated heterocycles. The molecule has 0 aromatic heterocycles. The van der Waals surface area contributed by atoms with Crippen molar-refractivity contribution in [2.45, 2.75) is 24.5 Å². The van der Waals surface area contributed by atoms with Gasteiger partial charge in [0.1, 0.15) is 5.75 Å². The summed E-state index contributed by atoms with van der Waals surface area (Å²) in [5.74, 6) is -0.198. The van der Waals surface area contributed by atoms with Crippen molar-refractivity contribution in [1.82, 2.24) is 9.80 Å². The fourth-order valence-electron chi connectivity index (χ4n) is 4.50. The van der Waals surface area contributed by atoms with E-state index in [0.717, 1.165) is 29.7 Å². The van der Waals surface area contributed by atoms with Gasteiger partial charge < -0.3 is 15.1 Å². The highest BCUT2D eigenvalue weighted by atomic mass is 35.5. The summed E-state index contributed by atoms with van der Waals surface area (Å²) < 4.78 is 0. The summed E-state index contributed by atoms with van der Waals surface area (Å²) in [5.41, 5.74) is 2.87. The zero-order valence-electron chi connectivity index (χ0n) is 18.7. The van der Waals surface area contributed by atoms with Crippen LogP contribution in [0.5, 0.6) is 5.75 Å². The molecule has 33 heavy (non-hydrogen) atoms. The van der Waals surface area contributed by atoms with E-state index in [2.05, 4.69) is 4.90 Å². The van der Waals surface area contributed by atoms with Crippen LogP contribution < -0.4 is 0 Å². The summed E-state index contributed by atoms with van der Waals surface area (Å²) >= 11 is 0. The minimum absolute atomic E-state index is 0. The maximum absolute atomic E-state index is 14.0. The van der Waals surface area contributed by atoms with Gasteiger partial charge in [-0.15, -0.1) is 12.4 Å². The maximum atomic E-state index is 14.0. The molecule has 2 atom stereocenters. The summed E-state index contributed by atoms with van der Waals surface area (Å²) in [5, 5.41) is 19.8. The molecule has 4 rings (SSSR count). The molecule has 0 radical (unpaired) electrons. The molecule has 1 amide bonds. The number of hydrogen-bond acceptors (Lipinski definition) is 4. The molecule has 1 aliphatic heterocycles.